The van der Waals surface area contributed by atoms with Crippen LogP contribution in [-0.2, 0) is 16.1 Å². The third-order valence-electron chi connectivity index (χ3n) is 5.11. The van der Waals surface area contributed by atoms with Crippen LogP contribution in [0.25, 0.3) is 0 Å². The number of benzene rings is 2. The number of aryl methyl sites for hydroxylation is 1. The molecule has 5 nitrogen and oxygen atoms in total. The van der Waals surface area contributed by atoms with Gasteiger partial charge in [-0.25, -0.2) is 0 Å². The van der Waals surface area contributed by atoms with Crippen molar-refractivity contribution in [3.05, 3.63) is 65.2 Å². The number of amides is 2. The van der Waals surface area contributed by atoms with E-state index in [1.807, 2.05) is 69.3 Å². The van der Waals surface area contributed by atoms with Gasteiger partial charge < -0.3 is 15.0 Å². The topological polar surface area (TPSA) is 58.6 Å². The van der Waals surface area contributed by atoms with E-state index in [0.717, 1.165) is 11.1 Å². The Morgan fingerprint density at radius 3 is 2.17 bits per heavy atom. The lowest BCUT2D eigenvalue weighted by atomic mass is 10.0. The molecule has 2 aromatic rings. The summed E-state index contributed by atoms with van der Waals surface area (Å²) in [4.78, 5) is 27.3. The summed E-state index contributed by atoms with van der Waals surface area (Å²) < 4.78 is 5.74. The second kappa shape index (κ2) is 10.8. The summed E-state index contributed by atoms with van der Waals surface area (Å²) in [6, 6.07) is 15.1. The second-order valence-corrected chi connectivity index (χ2v) is 8.30. The highest BCUT2D eigenvalue weighted by Gasteiger charge is 2.27. The van der Waals surface area contributed by atoms with Crippen molar-refractivity contribution < 1.29 is 14.3 Å². The molecule has 2 amide bonds. The molecule has 1 N–H and O–H groups in total. The van der Waals surface area contributed by atoms with E-state index >= 15 is 0 Å². The minimum atomic E-state index is -0.605. The van der Waals surface area contributed by atoms with E-state index in [2.05, 4.69) is 19.2 Å². The summed E-state index contributed by atoms with van der Waals surface area (Å²) in [7, 11) is 0. The molecule has 0 fully saturated rings. The zero-order valence-electron chi connectivity index (χ0n) is 18.9. The van der Waals surface area contributed by atoms with E-state index in [1.165, 1.54) is 5.56 Å². The van der Waals surface area contributed by atoms with Crippen molar-refractivity contribution in [3.8, 4) is 5.75 Å². The van der Waals surface area contributed by atoms with Crippen LogP contribution in [0.4, 0.5) is 0 Å². The van der Waals surface area contributed by atoms with Crippen LogP contribution in [-0.4, -0.2) is 35.4 Å². The van der Waals surface area contributed by atoms with E-state index in [0.29, 0.717) is 18.2 Å². The number of hydrogen-bond donors (Lipinski definition) is 1. The van der Waals surface area contributed by atoms with Crippen LogP contribution in [0.3, 0.4) is 0 Å². The molecule has 0 aliphatic carbocycles. The van der Waals surface area contributed by atoms with Crippen molar-refractivity contribution in [3.63, 3.8) is 0 Å². The summed E-state index contributed by atoms with van der Waals surface area (Å²) in [5.74, 6) is 0.680. The van der Waals surface area contributed by atoms with Crippen molar-refractivity contribution in [2.45, 2.75) is 66.1 Å². The van der Waals surface area contributed by atoms with Crippen molar-refractivity contribution in [1.29, 1.82) is 0 Å². The molecule has 0 radical (unpaired) electrons. The van der Waals surface area contributed by atoms with E-state index < -0.39 is 6.04 Å². The molecular formula is C25H34N2O3. The fourth-order valence-corrected chi connectivity index (χ4v) is 3.14. The van der Waals surface area contributed by atoms with E-state index in [4.69, 9.17) is 4.74 Å². The SMILES string of the molecule is Cc1ccccc1CN(C(=O)COc1ccc(C(C)C)cc1)[C@H](C)C(=O)NC(C)C. The third-order valence-corrected chi connectivity index (χ3v) is 5.11. The number of hydrogen-bond acceptors (Lipinski definition) is 3. The van der Waals surface area contributed by atoms with Gasteiger partial charge in [0.2, 0.25) is 5.91 Å². The maximum Gasteiger partial charge on any atom is 0.261 e. The van der Waals surface area contributed by atoms with Gasteiger partial charge in [0.25, 0.3) is 5.91 Å². The fraction of sp³-hybridized carbons (Fsp3) is 0.440. The van der Waals surface area contributed by atoms with Crippen LogP contribution in [0, 0.1) is 6.92 Å². The van der Waals surface area contributed by atoms with Crippen molar-refractivity contribution in [2.24, 2.45) is 0 Å². The quantitative estimate of drug-likeness (QED) is 0.665. The smallest absolute Gasteiger partial charge is 0.261 e. The Bertz CT molecular complexity index is 844. The first-order chi connectivity index (χ1) is 14.2. The normalized spacial score (nSPS) is 12.0. The zero-order chi connectivity index (χ0) is 22.3. The maximum atomic E-state index is 13.1. The van der Waals surface area contributed by atoms with Gasteiger partial charge in [-0.05, 0) is 62.4 Å². The zero-order valence-corrected chi connectivity index (χ0v) is 18.9. The number of nitrogens with zero attached hydrogens (tertiary/aromatic N) is 1. The van der Waals surface area contributed by atoms with Crippen LogP contribution < -0.4 is 10.1 Å². The van der Waals surface area contributed by atoms with Crippen LogP contribution in [0.2, 0.25) is 0 Å². The molecule has 0 aliphatic heterocycles. The summed E-state index contributed by atoms with van der Waals surface area (Å²) in [6.07, 6.45) is 0. The summed E-state index contributed by atoms with van der Waals surface area (Å²) in [5, 5.41) is 2.90. The number of nitrogens with one attached hydrogen (secondary N) is 1. The van der Waals surface area contributed by atoms with E-state index in [9.17, 15) is 9.59 Å². The molecule has 1 atom stereocenters. The van der Waals surface area contributed by atoms with Gasteiger partial charge in [0.15, 0.2) is 6.61 Å². The van der Waals surface area contributed by atoms with Gasteiger partial charge in [-0.2, -0.15) is 0 Å². The average Bonchev–Trinajstić information content (AvgIpc) is 2.70. The lowest BCUT2D eigenvalue weighted by Gasteiger charge is -2.29. The molecule has 2 aromatic carbocycles. The molecule has 0 aliphatic rings. The molecule has 5 heteroatoms. The van der Waals surface area contributed by atoms with Crippen molar-refractivity contribution >= 4 is 11.8 Å². The third kappa shape index (κ3) is 6.61. The van der Waals surface area contributed by atoms with Gasteiger partial charge in [-0.3, -0.25) is 9.59 Å². The average molecular weight is 411 g/mol. The van der Waals surface area contributed by atoms with Crippen LogP contribution in [0.1, 0.15) is 57.2 Å². The van der Waals surface area contributed by atoms with Crippen LogP contribution >= 0.6 is 0 Å². The standard InChI is InChI=1S/C25H34N2O3/c1-17(2)21-11-13-23(14-12-21)30-16-24(28)27(20(6)25(29)26-18(3)4)15-22-10-8-7-9-19(22)5/h7-14,17-18,20H,15-16H2,1-6H3,(H,26,29)/t20-/m1/s1. The molecule has 0 heterocycles. The Kier molecular flexibility index (Phi) is 8.46. The second-order valence-electron chi connectivity index (χ2n) is 8.30. The van der Waals surface area contributed by atoms with Gasteiger partial charge in [-0.15, -0.1) is 0 Å². The Hall–Kier alpha value is -2.82. The monoisotopic (exact) mass is 410 g/mol. The minimum absolute atomic E-state index is 0.00563. The predicted octanol–water partition coefficient (Wildman–Crippen LogP) is 4.44. The molecule has 2 rings (SSSR count). The Labute approximate surface area is 180 Å². The summed E-state index contributed by atoms with van der Waals surface area (Å²) >= 11 is 0. The lowest BCUT2D eigenvalue weighted by molar-refractivity contribution is -0.142. The van der Waals surface area contributed by atoms with Crippen molar-refractivity contribution in [2.75, 3.05) is 6.61 Å². The first kappa shape index (κ1) is 23.5. The molecule has 30 heavy (non-hydrogen) atoms. The van der Waals surface area contributed by atoms with E-state index in [1.54, 1.807) is 11.8 Å². The van der Waals surface area contributed by atoms with Crippen LogP contribution in [0.5, 0.6) is 5.75 Å². The minimum Gasteiger partial charge on any atom is -0.484 e. The molecule has 0 unspecified atom stereocenters. The van der Waals surface area contributed by atoms with E-state index in [-0.39, 0.29) is 24.5 Å². The number of ether oxygens (including phenoxy) is 1. The fourth-order valence-electron chi connectivity index (χ4n) is 3.14. The largest absolute Gasteiger partial charge is 0.484 e. The Morgan fingerprint density at radius 1 is 0.967 bits per heavy atom. The summed E-state index contributed by atoms with van der Waals surface area (Å²) in [5.41, 5.74) is 3.31. The van der Waals surface area contributed by atoms with Gasteiger partial charge in [0.1, 0.15) is 11.8 Å². The molecule has 162 valence electrons. The highest BCUT2D eigenvalue weighted by Crippen LogP contribution is 2.19. The van der Waals surface area contributed by atoms with Gasteiger partial charge in [0.05, 0.1) is 0 Å². The Balaban J connectivity index is 2.14. The predicted molar refractivity (Wildman–Crippen MR) is 120 cm³/mol. The van der Waals surface area contributed by atoms with Gasteiger partial charge >= 0.3 is 0 Å². The highest BCUT2D eigenvalue weighted by molar-refractivity contribution is 5.88. The Morgan fingerprint density at radius 2 is 1.60 bits per heavy atom. The first-order valence-electron chi connectivity index (χ1n) is 10.6. The molecule has 0 saturated carbocycles. The van der Waals surface area contributed by atoms with Gasteiger partial charge in [0, 0.05) is 12.6 Å². The van der Waals surface area contributed by atoms with Crippen molar-refractivity contribution in [1.82, 2.24) is 10.2 Å². The first-order valence-corrected chi connectivity index (χ1v) is 10.6. The molecule has 0 aromatic heterocycles. The van der Waals surface area contributed by atoms with Gasteiger partial charge in [-0.1, -0.05) is 50.2 Å². The van der Waals surface area contributed by atoms with Crippen LogP contribution in [0.15, 0.2) is 48.5 Å². The number of carbonyl (C=O) groups excluding carboxylic acids is 2. The number of carbonyl (C=O) groups is 2. The lowest BCUT2D eigenvalue weighted by Crippen LogP contribution is -2.50. The summed E-state index contributed by atoms with van der Waals surface area (Å²) in [6.45, 7) is 12.1. The molecular weight excluding hydrogens is 376 g/mol. The molecule has 0 spiro atoms. The molecule has 0 saturated heterocycles. The number of rotatable bonds is 9. The highest BCUT2D eigenvalue weighted by atomic mass is 16.5. The molecule has 0 bridgehead atoms. The maximum absolute atomic E-state index is 13.1.